The van der Waals surface area contributed by atoms with Gasteiger partial charge in [-0.3, -0.25) is 0 Å². The first-order valence-electron chi connectivity index (χ1n) is 16.6. The first-order valence-corrected chi connectivity index (χ1v) is 17.8. The minimum Gasteiger partial charge on any atom is -0.427 e. The van der Waals surface area contributed by atoms with Crippen molar-refractivity contribution in [2.45, 2.75) is 175 Å². The van der Waals surface area contributed by atoms with Gasteiger partial charge < -0.3 is 13.9 Å². The van der Waals surface area contributed by atoms with Gasteiger partial charge in [0, 0.05) is 0 Å². The Morgan fingerprint density at radius 2 is 1.00 bits per heavy atom. The van der Waals surface area contributed by atoms with Gasteiger partial charge in [0.1, 0.15) is 5.75 Å². The fourth-order valence-electron chi connectivity index (χ4n) is 5.24. The van der Waals surface area contributed by atoms with Crippen LogP contribution in [0.25, 0.3) is 0 Å². The van der Waals surface area contributed by atoms with Gasteiger partial charge in [-0.05, 0) is 49.3 Å². The van der Waals surface area contributed by atoms with Crippen LogP contribution in [0, 0.1) is 0 Å². The molecule has 0 heterocycles. The van der Waals surface area contributed by atoms with E-state index in [4.69, 9.17) is 9.05 Å². The van der Waals surface area contributed by atoms with E-state index in [1.54, 1.807) is 0 Å². The van der Waals surface area contributed by atoms with E-state index < -0.39 is 8.60 Å². The Hall–Kier alpha value is -0.630. The average molecular weight is 551 g/mol. The molecule has 0 aliphatic carbocycles. The second kappa shape index (κ2) is 26.6. The second-order valence-corrected chi connectivity index (χ2v) is 12.2. The number of benzene rings is 1. The van der Waals surface area contributed by atoms with Gasteiger partial charge in [0.25, 0.3) is 0 Å². The van der Waals surface area contributed by atoms with Crippen LogP contribution in [0.3, 0.4) is 0 Å². The van der Waals surface area contributed by atoms with Crippen molar-refractivity contribution < 1.29 is 13.9 Å². The Morgan fingerprint density at radius 3 is 1.53 bits per heavy atom. The van der Waals surface area contributed by atoms with Crippen molar-refractivity contribution in [1.82, 2.24) is 0 Å². The molecule has 0 radical (unpaired) electrons. The quantitative estimate of drug-likeness (QED) is 0.0833. The van der Waals surface area contributed by atoms with Crippen molar-refractivity contribution in [3.05, 3.63) is 29.3 Å². The summed E-state index contributed by atoms with van der Waals surface area (Å²) in [4.78, 5) is 10.5. The monoisotopic (exact) mass is 550 g/mol. The molecule has 1 aromatic carbocycles. The number of hydrogen-bond donors (Lipinski definition) is 1. The zero-order chi connectivity index (χ0) is 27.5. The SMILES string of the molecule is CCCCCCCCCCOP(O)Oc1cccc(CCCCCCCCC)c1CCCCCCCCC. The number of unbranched alkanes of at least 4 members (excludes halogenated alkanes) is 19. The molecule has 1 unspecified atom stereocenters. The smallest absolute Gasteiger partial charge is 0.394 e. The van der Waals surface area contributed by atoms with Crippen molar-refractivity contribution in [1.29, 1.82) is 0 Å². The highest BCUT2D eigenvalue weighted by molar-refractivity contribution is 7.41. The molecule has 1 atom stereocenters. The highest BCUT2D eigenvalue weighted by atomic mass is 31.2. The third kappa shape index (κ3) is 19.4. The lowest BCUT2D eigenvalue weighted by atomic mass is 9.95. The molecule has 1 rings (SSSR count). The molecule has 1 N–H and O–H groups in total. The minimum absolute atomic E-state index is 0.585. The highest BCUT2D eigenvalue weighted by Crippen LogP contribution is 2.38. The largest absolute Gasteiger partial charge is 0.427 e. The number of rotatable bonds is 28. The van der Waals surface area contributed by atoms with Crippen LogP contribution in [0.15, 0.2) is 18.2 Å². The van der Waals surface area contributed by atoms with Crippen molar-refractivity contribution in [2.24, 2.45) is 0 Å². The Kier molecular flexibility index (Phi) is 24.8. The average Bonchev–Trinajstić information content (AvgIpc) is 2.92. The summed E-state index contributed by atoms with van der Waals surface area (Å²) in [6.45, 7) is 7.40. The van der Waals surface area contributed by atoms with Crippen LogP contribution in [0.4, 0.5) is 0 Å². The van der Waals surface area contributed by atoms with E-state index in [0.717, 1.165) is 25.0 Å². The summed E-state index contributed by atoms with van der Waals surface area (Å²) in [6, 6.07) is 6.42. The predicted molar refractivity (Wildman–Crippen MR) is 168 cm³/mol. The van der Waals surface area contributed by atoms with Crippen LogP contribution < -0.4 is 4.52 Å². The maximum atomic E-state index is 10.5. The van der Waals surface area contributed by atoms with Gasteiger partial charge in [-0.25, -0.2) is 0 Å². The molecular weight excluding hydrogens is 487 g/mol. The topological polar surface area (TPSA) is 38.7 Å². The number of aryl methyl sites for hydroxylation is 1. The van der Waals surface area contributed by atoms with E-state index in [-0.39, 0.29) is 0 Å². The Bertz CT molecular complexity index is 636. The Labute approximate surface area is 238 Å². The minimum atomic E-state index is -1.87. The van der Waals surface area contributed by atoms with Crippen molar-refractivity contribution >= 4 is 8.60 Å². The molecule has 0 aliphatic heterocycles. The standard InChI is InChI=1S/C34H63O3P/c1-4-7-10-13-16-19-22-25-31-36-38(35)37-34-30-26-28-32(27-23-20-17-14-11-8-5-2)33(34)29-24-21-18-15-12-9-6-3/h26,28,30,35H,4-25,27,29,31H2,1-3H3. The van der Waals surface area contributed by atoms with Gasteiger partial charge in [0.15, 0.2) is 0 Å². The summed E-state index contributed by atoms with van der Waals surface area (Å²) in [5, 5.41) is 0. The van der Waals surface area contributed by atoms with E-state index in [1.165, 1.54) is 146 Å². The molecule has 0 amide bonds. The molecule has 0 bridgehead atoms. The van der Waals surface area contributed by atoms with Crippen LogP contribution in [0.5, 0.6) is 5.75 Å². The molecule has 38 heavy (non-hydrogen) atoms. The Balaban J connectivity index is 2.51. The van der Waals surface area contributed by atoms with Crippen molar-refractivity contribution in [2.75, 3.05) is 6.61 Å². The van der Waals surface area contributed by atoms with Gasteiger partial charge in [-0.2, -0.15) is 0 Å². The molecule has 222 valence electrons. The first-order chi connectivity index (χ1) is 18.7. The van der Waals surface area contributed by atoms with Crippen molar-refractivity contribution in [3.8, 4) is 5.75 Å². The van der Waals surface area contributed by atoms with Crippen LogP contribution in [-0.4, -0.2) is 11.5 Å². The van der Waals surface area contributed by atoms with E-state index in [0.29, 0.717) is 6.61 Å². The summed E-state index contributed by atoms with van der Waals surface area (Å²) in [5.41, 5.74) is 2.72. The lowest BCUT2D eigenvalue weighted by molar-refractivity contribution is 0.253. The van der Waals surface area contributed by atoms with Gasteiger partial charge >= 0.3 is 8.60 Å². The van der Waals surface area contributed by atoms with Crippen LogP contribution in [0.2, 0.25) is 0 Å². The van der Waals surface area contributed by atoms with Gasteiger partial charge in [-0.1, -0.05) is 155 Å². The van der Waals surface area contributed by atoms with Crippen LogP contribution in [-0.2, 0) is 17.4 Å². The summed E-state index contributed by atoms with van der Waals surface area (Å²) >= 11 is 0. The normalized spacial score (nSPS) is 12.2. The Morgan fingerprint density at radius 1 is 0.553 bits per heavy atom. The lowest BCUT2D eigenvalue weighted by Gasteiger charge is -2.18. The molecule has 1 aromatic rings. The fourth-order valence-corrected chi connectivity index (χ4v) is 5.91. The van der Waals surface area contributed by atoms with Gasteiger partial charge in [0.2, 0.25) is 0 Å². The first kappa shape index (κ1) is 35.4. The molecular formula is C34H63O3P. The van der Waals surface area contributed by atoms with Gasteiger partial charge in [-0.15, -0.1) is 0 Å². The molecule has 0 spiro atoms. The number of hydrogen-bond acceptors (Lipinski definition) is 3. The summed E-state index contributed by atoms with van der Waals surface area (Å²) < 4.78 is 11.7. The molecule has 0 aromatic heterocycles. The summed E-state index contributed by atoms with van der Waals surface area (Å²) in [6.07, 6.45) is 30.8. The molecule has 0 saturated carbocycles. The third-order valence-corrected chi connectivity index (χ3v) is 8.44. The fraction of sp³-hybridized carbons (Fsp3) is 0.824. The maximum absolute atomic E-state index is 10.5. The van der Waals surface area contributed by atoms with Crippen LogP contribution >= 0.6 is 8.60 Å². The third-order valence-electron chi connectivity index (χ3n) is 7.69. The van der Waals surface area contributed by atoms with Crippen LogP contribution in [0.1, 0.15) is 173 Å². The highest BCUT2D eigenvalue weighted by Gasteiger charge is 2.15. The molecule has 0 saturated heterocycles. The molecule has 4 heteroatoms. The van der Waals surface area contributed by atoms with E-state index in [1.807, 2.05) is 6.07 Å². The molecule has 0 aliphatic rings. The predicted octanol–water partition coefficient (Wildman–Crippen LogP) is 12.0. The lowest BCUT2D eigenvalue weighted by Crippen LogP contribution is -2.02. The van der Waals surface area contributed by atoms with E-state index in [2.05, 4.69) is 32.9 Å². The zero-order valence-corrected chi connectivity index (χ0v) is 26.5. The molecule has 3 nitrogen and oxygen atoms in total. The van der Waals surface area contributed by atoms with Gasteiger partial charge in [0.05, 0.1) is 6.61 Å². The zero-order valence-electron chi connectivity index (χ0n) is 25.6. The summed E-state index contributed by atoms with van der Waals surface area (Å²) in [5.74, 6) is 0.848. The second-order valence-electron chi connectivity index (χ2n) is 11.3. The maximum Gasteiger partial charge on any atom is 0.394 e. The summed E-state index contributed by atoms with van der Waals surface area (Å²) in [7, 11) is -1.87. The van der Waals surface area contributed by atoms with E-state index >= 15 is 0 Å². The molecule has 0 fully saturated rings. The van der Waals surface area contributed by atoms with E-state index in [9.17, 15) is 4.89 Å². The van der Waals surface area contributed by atoms with Crippen molar-refractivity contribution in [3.63, 3.8) is 0 Å².